The summed E-state index contributed by atoms with van der Waals surface area (Å²) in [5.74, 6) is 0.246. The van der Waals surface area contributed by atoms with E-state index in [0.717, 1.165) is 18.4 Å². The number of nitrogen functional groups attached to an aromatic ring is 1. The number of hydrogen-bond donors (Lipinski definition) is 1. The fourth-order valence-electron chi connectivity index (χ4n) is 2.64. The third-order valence-electron chi connectivity index (χ3n) is 3.37. The molecule has 0 radical (unpaired) electrons. The van der Waals surface area contributed by atoms with E-state index in [0.29, 0.717) is 17.5 Å². The molecule has 1 saturated carbocycles. The van der Waals surface area contributed by atoms with Crippen molar-refractivity contribution in [1.82, 2.24) is 9.55 Å². The molecular formula is C12H14FN3. The first kappa shape index (κ1) is 9.63. The summed E-state index contributed by atoms with van der Waals surface area (Å²) in [7, 11) is 0. The summed E-state index contributed by atoms with van der Waals surface area (Å²) in [6, 6.07) is 5.12. The lowest BCUT2D eigenvalue weighted by atomic mass is 10.2. The molecule has 84 valence electrons. The Morgan fingerprint density at radius 2 is 2.06 bits per heavy atom. The molecule has 1 heterocycles. The second kappa shape index (κ2) is 3.47. The summed E-state index contributed by atoms with van der Waals surface area (Å²) in [5.41, 5.74) is 7.52. The Balaban J connectivity index is 2.18. The van der Waals surface area contributed by atoms with Crippen molar-refractivity contribution < 1.29 is 4.39 Å². The molecule has 1 aliphatic carbocycles. The maximum atomic E-state index is 13.1. The number of nitrogens with two attached hydrogens (primary N) is 1. The number of hydrogen-bond acceptors (Lipinski definition) is 2. The zero-order valence-corrected chi connectivity index (χ0v) is 8.99. The number of fused-ring (bicyclic) bond motifs is 1. The summed E-state index contributed by atoms with van der Waals surface area (Å²) in [6.45, 7) is 0. The van der Waals surface area contributed by atoms with Crippen LogP contribution >= 0.6 is 0 Å². The van der Waals surface area contributed by atoms with Crippen LogP contribution in [0.15, 0.2) is 18.2 Å². The van der Waals surface area contributed by atoms with Crippen LogP contribution in [0.2, 0.25) is 0 Å². The number of aromatic nitrogens is 2. The Labute approximate surface area is 93.1 Å². The minimum Gasteiger partial charge on any atom is -0.369 e. The number of rotatable bonds is 1. The molecule has 1 aromatic carbocycles. The van der Waals surface area contributed by atoms with Gasteiger partial charge in [-0.1, -0.05) is 12.8 Å². The maximum Gasteiger partial charge on any atom is 0.201 e. The van der Waals surface area contributed by atoms with Gasteiger partial charge in [-0.2, -0.15) is 0 Å². The molecule has 2 N–H and O–H groups in total. The van der Waals surface area contributed by atoms with Crippen molar-refractivity contribution in [3.8, 4) is 0 Å². The van der Waals surface area contributed by atoms with Crippen molar-refractivity contribution in [2.75, 3.05) is 5.73 Å². The molecule has 0 saturated heterocycles. The highest BCUT2D eigenvalue weighted by molar-refractivity contribution is 5.78. The molecule has 2 aromatic rings. The van der Waals surface area contributed by atoms with Gasteiger partial charge >= 0.3 is 0 Å². The van der Waals surface area contributed by atoms with E-state index in [1.54, 1.807) is 6.07 Å². The molecule has 0 unspecified atom stereocenters. The molecule has 0 bridgehead atoms. The van der Waals surface area contributed by atoms with Gasteiger partial charge in [-0.15, -0.1) is 0 Å². The maximum absolute atomic E-state index is 13.1. The van der Waals surface area contributed by atoms with E-state index in [2.05, 4.69) is 9.55 Å². The van der Waals surface area contributed by atoms with Crippen LogP contribution < -0.4 is 5.73 Å². The third-order valence-corrected chi connectivity index (χ3v) is 3.37. The van der Waals surface area contributed by atoms with Crippen molar-refractivity contribution in [1.29, 1.82) is 0 Å². The summed E-state index contributed by atoms with van der Waals surface area (Å²) >= 11 is 0. The molecule has 0 amide bonds. The van der Waals surface area contributed by atoms with Gasteiger partial charge in [-0.05, 0) is 25.0 Å². The Kier molecular flexibility index (Phi) is 2.09. The highest BCUT2D eigenvalue weighted by Crippen LogP contribution is 2.34. The van der Waals surface area contributed by atoms with Crippen LogP contribution in [0.25, 0.3) is 11.0 Å². The largest absolute Gasteiger partial charge is 0.369 e. The quantitative estimate of drug-likeness (QED) is 0.801. The zero-order valence-electron chi connectivity index (χ0n) is 8.99. The van der Waals surface area contributed by atoms with Crippen LogP contribution in [0.4, 0.5) is 10.3 Å². The number of anilines is 1. The highest BCUT2D eigenvalue weighted by Gasteiger charge is 2.21. The first-order valence-electron chi connectivity index (χ1n) is 5.68. The molecule has 0 atom stereocenters. The lowest BCUT2D eigenvalue weighted by Gasteiger charge is -2.13. The molecule has 4 heteroatoms. The van der Waals surface area contributed by atoms with Crippen molar-refractivity contribution in [2.24, 2.45) is 0 Å². The van der Waals surface area contributed by atoms with Gasteiger partial charge in [0.2, 0.25) is 5.95 Å². The minimum absolute atomic E-state index is 0.261. The number of nitrogens with zero attached hydrogens (tertiary/aromatic N) is 2. The molecule has 1 aliphatic rings. The minimum atomic E-state index is -0.261. The monoisotopic (exact) mass is 219 g/mol. The number of halogens is 1. The van der Waals surface area contributed by atoms with Gasteiger partial charge in [0.05, 0.1) is 11.0 Å². The molecular weight excluding hydrogens is 205 g/mol. The predicted octanol–water partition coefficient (Wildman–Crippen LogP) is 2.87. The van der Waals surface area contributed by atoms with E-state index in [9.17, 15) is 4.39 Å². The predicted molar refractivity (Wildman–Crippen MR) is 61.6 cm³/mol. The molecule has 3 rings (SSSR count). The van der Waals surface area contributed by atoms with Gasteiger partial charge in [0.1, 0.15) is 5.82 Å². The van der Waals surface area contributed by atoms with E-state index in [4.69, 9.17) is 5.73 Å². The summed E-state index contributed by atoms with van der Waals surface area (Å²) < 4.78 is 15.1. The second-order valence-electron chi connectivity index (χ2n) is 4.41. The van der Waals surface area contributed by atoms with E-state index < -0.39 is 0 Å². The summed E-state index contributed by atoms with van der Waals surface area (Å²) in [6.07, 6.45) is 4.77. The molecule has 0 aliphatic heterocycles. The normalized spacial score (nSPS) is 17.3. The first-order valence-corrected chi connectivity index (χ1v) is 5.68. The van der Waals surface area contributed by atoms with Crippen molar-refractivity contribution in [3.63, 3.8) is 0 Å². The van der Waals surface area contributed by atoms with E-state index in [1.165, 1.54) is 25.0 Å². The van der Waals surface area contributed by atoms with Crippen LogP contribution in [0.1, 0.15) is 31.7 Å². The number of imidazole rings is 1. The fourth-order valence-corrected chi connectivity index (χ4v) is 2.64. The average molecular weight is 219 g/mol. The van der Waals surface area contributed by atoms with Gasteiger partial charge in [0.15, 0.2) is 0 Å². The number of benzene rings is 1. The van der Waals surface area contributed by atoms with Gasteiger partial charge in [-0.3, -0.25) is 0 Å². The topological polar surface area (TPSA) is 43.8 Å². The van der Waals surface area contributed by atoms with Crippen molar-refractivity contribution in [3.05, 3.63) is 24.0 Å². The van der Waals surface area contributed by atoms with Crippen LogP contribution in [-0.2, 0) is 0 Å². The van der Waals surface area contributed by atoms with Gasteiger partial charge in [0, 0.05) is 12.1 Å². The molecule has 1 fully saturated rings. The lowest BCUT2D eigenvalue weighted by Crippen LogP contribution is -2.08. The SMILES string of the molecule is Nc1nc2cc(F)ccc2n1C1CCCC1. The zero-order chi connectivity index (χ0) is 11.1. The standard InChI is InChI=1S/C12H14FN3/c13-8-5-6-11-10(7-8)15-12(14)16(11)9-3-1-2-4-9/h5-7,9H,1-4H2,(H2,14,15). The molecule has 16 heavy (non-hydrogen) atoms. The molecule has 3 nitrogen and oxygen atoms in total. The van der Waals surface area contributed by atoms with Crippen LogP contribution in [0.5, 0.6) is 0 Å². The van der Waals surface area contributed by atoms with Crippen LogP contribution in [0.3, 0.4) is 0 Å². The van der Waals surface area contributed by atoms with Crippen molar-refractivity contribution >= 4 is 17.0 Å². The summed E-state index contributed by atoms with van der Waals surface area (Å²) in [5, 5.41) is 0. The van der Waals surface area contributed by atoms with E-state index in [-0.39, 0.29) is 5.82 Å². The molecule has 1 aromatic heterocycles. The van der Waals surface area contributed by atoms with Crippen LogP contribution in [0, 0.1) is 5.82 Å². The Morgan fingerprint density at radius 3 is 2.81 bits per heavy atom. The van der Waals surface area contributed by atoms with Gasteiger partial charge in [-0.25, -0.2) is 9.37 Å². The Hall–Kier alpha value is -1.58. The lowest BCUT2D eigenvalue weighted by molar-refractivity contribution is 0.539. The first-order chi connectivity index (χ1) is 7.75. The second-order valence-corrected chi connectivity index (χ2v) is 4.41. The highest BCUT2D eigenvalue weighted by atomic mass is 19.1. The third kappa shape index (κ3) is 1.37. The van der Waals surface area contributed by atoms with Crippen molar-refractivity contribution in [2.45, 2.75) is 31.7 Å². The van der Waals surface area contributed by atoms with E-state index >= 15 is 0 Å². The molecule has 0 spiro atoms. The Morgan fingerprint density at radius 1 is 1.31 bits per heavy atom. The summed E-state index contributed by atoms with van der Waals surface area (Å²) in [4.78, 5) is 4.22. The van der Waals surface area contributed by atoms with Crippen LogP contribution in [-0.4, -0.2) is 9.55 Å². The Bertz CT molecular complexity index is 526. The van der Waals surface area contributed by atoms with E-state index in [1.807, 2.05) is 0 Å². The van der Waals surface area contributed by atoms with Gasteiger partial charge < -0.3 is 10.3 Å². The smallest absolute Gasteiger partial charge is 0.201 e. The average Bonchev–Trinajstić information content (AvgIpc) is 2.83. The van der Waals surface area contributed by atoms with Gasteiger partial charge in [0.25, 0.3) is 0 Å². The fraction of sp³-hybridized carbons (Fsp3) is 0.417.